The summed E-state index contributed by atoms with van der Waals surface area (Å²) in [7, 11) is 0. The second-order valence-corrected chi connectivity index (χ2v) is 7.05. The van der Waals surface area contributed by atoms with Crippen molar-refractivity contribution < 1.29 is 22.5 Å². The predicted molar refractivity (Wildman–Crippen MR) is 85.6 cm³/mol. The number of carbonyl (C=O) groups excluding carboxylic acids is 1. The Morgan fingerprint density at radius 2 is 1.85 bits per heavy atom. The highest BCUT2D eigenvalue weighted by Crippen LogP contribution is 2.35. The van der Waals surface area contributed by atoms with Crippen molar-refractivity contribution in [3.05, 3.63) is 35.7 Å². The first-order valence-corrected chi connectivity index (χ1v) is 8.69. The molecule has 1 amide bonds. The molecule has 138 valence electrons. The van der Waals surface area contributed by atoms with Crippen LogP contribution < -0.4 is 0 Å². The third-order valence-electron chi connectivity index (χ3n) is 4.67. The van der Waals surface area contributed by atoms with Crippen molar-refractivity contribution in [2.24, 2.45) is 11.8 Å². The molecule has 0 N–H and O–H groups in total. The Hall–Kier alpha value is -2.38. The maximum absolute atomic E-state index is 12.5. The standard InChI is InChI=1S/C18H18F3N3O2/c19-18(20,21)17-22-15(23-26-17)13-5-3-12(4-6-13)10-24(9-11-1-2-11)16(25)14-7-8-14/h3-6,11,14H,1-2,7-10H2. The molecule has 0 atom stereocenters. The molecular formula is C18H18F3N3O2. The van der Waals surface area contributed by atoms with Gasteiger partial charge in [0, 0.05) is 24.6 Å². The molecule has 0 radical (unpaired) electrons. The molecule has 2 aliphatic rings. The lowest BCUT2D eigenvalue weighted by atomic mass is 10.1. The van der Waals surface area contributed by atoms with E-state index in [0.717, 1.165) is 24.9 Å². The van der Waals surface area contributed by atoms with Gasteiger partial charge in [-0.05, 0) is 37.2 Å². The summed E-state index contributed by atoms with van der Waals surface area (Å²) in [6, 6.07) is 6.88. The van der Waals surface area contributed by atoms with Gasteiger partial charge in [-0.2, -0.15) is 18.2 Å². The minimum atomic E-state index is -4.66. The molecule has 26 heavy (non-hydrogen) atoms. The van der Waals surface area contributed by atoms with Gasteiger partial charge < -0.3 is 9.42 Å². The number of alkyl halides is 3. The molecule has 0 unspecified atom stereocenters. The number of amides is 1. The summed E-state index contributed by atoms with van der Waals surface area (Å²) >= 11 is 0. The Kier molecular flexibility index (Phi) is 4.20. The van der Waals surface area contributed by atoms with Crippen molar-refractivity contribution in [2.75, 3.05) is 6.54 Å². The average Bonchev–Trinajstić information content (AvgIpc) is 3.53. The fourth-order valence-corrected chi connectivity index (χ4v) is 2.87. The summed E-state index contributed by atoms with van der Waals surface area (Å²) in [6.07, 6.45) is -0.367. The van der Waals surface area contributed by atoms with Gasteiger partial charge in [-0.15, -0.1) is 0 Å². The lowest BCUT2D eigenvalue weighted by Gasteiger charge is -2.23. The first-order valence-electron chi connectivity index (χ1n) is 8.69. The monoisotopic (exact) mass is 365 g/mol. The minimum Gasteiger partial charge on any atom is -0.338 e. The SMILES string of the molecule is O=C(C1CC1)N(Cc1ccc(-c2noc(C(F)(F)F)n2)cc1)CC1CC1. The van der Waals surface area contributed by atoms with Crippen LogP contribution >= 0.6 is 0 Å². The molecule has 1 aromatic carbocycles. The molecule has 0 saturated heterocycles. The van der Waals surface area contributed by atoms with E-state index in [1.165, 1.54) is 12.8 Å². The van der Waals surface area contributed by atoms with Gasteiger partial charge >= 0.3 is 12.1 Å². The first kappa shape index (κ1) is 17.1. The zero-order chi connectivity index (χ0) is 18.3. The van der Waals surface area contributed by atoms with Crippen molar-refractivity contribution in [1.29, 1.82) is 0 Å². The smallest absolute Gasteiger partial charge is 0.338 e. The summed E-state index contributed by atoms with van der Waals surface area (Å²) in [5, 5.41) is 3.38. The molecule has 2 fully saturated rings. The molecule has 0 bridgehead atoms. The van der Waals surface area contributed by atoms with Crippen LogP contribution in [-0.4, -0.2) is 27.5 Å². The highest BCUT2D eigenvalue weighted by atomic mass is 19.4. The van der Waals surface area contributed by atoms with Gasteiger partial charge in [-0.1, -0.05) is 29.4 Å². The van der Waals surface area contributed by atoms with Gasteiger partial charge in [0.1, 0.15) is 0 Å². The molecule has 2 saturated carbocycles. The number of benzene rings is 1. The first-order chi connectivity index (χ1) is 12.4. The Morgan fingerprint density at radius 1 is 1.15 bits per heavy atom. The molecular weight excluding hydrogens is 347 g/mol. The van der Waals surface area contributed by atoms with Crippen molar-refractivity contribution in [3.8, 4) is 11.4 Å². The third kappa shape index (κ3) is 3.89. The topological polar surface area (TPSA) is 59.2 Å². The molecule has 2 aromatic rings. The van der Waals surface area contributed by atoms with Crippen LogP contribution in [0.5, 0.6) is 0 Å². The van der Waals surface area contributed by atoms with E-state index < -0.39 is 12.1 Å². The Bertz CT molecular complexity index is 793. The van der Waals surface area contributed by atoms with Crippen LogP contribution in [0.25, 0.3) is 11.4 Å². The van der Waals surface area contributed by atoms with Crippen molar-refractivity contribution in [3.63, 3.8) is 0 Å². The number of aromatic nitrogens is 2. The van der Waals surface area contributed by atoms with E-state index in [2.05, 4.69) is 14.7 Å². The number of hydrogen-bond donors (Lipinski definition) is 0. The maximum Gasteiger partial charge on any atom is 0.471 e. The zero-order valence-electron chi connectivity index (χ0n) is 14.0. The average molecular weight is 365 g/mol. The summed E-state index contributed by atoms with van der Waals surface area (Å²) in [5.74, 6) is -0.464. The molecule has 2 aliphatic carbocycles. The van der Waals surface area contributed by atoms with Crippen LogP contribution in [0.4, 0.5) is 13.2 Å². The maximum atomic E-state index is 12.5. The van der Waals surface area contributed by atoms with Gasteiger partial charge in [0.2, 0.25) is 11.7 Å². The van der Waals surface area contributed by atoms with Crippen molar-refractivity contribution in [2.45, 2.75) is 38.4 Å². The van der Waals surface area contributed by atoms with Gasteiger partial charge in [-0.3, -0.25) is 4.79 Å². The minimum absolute atomic E-state index is 0.104. The number of carbonyl (C=O) groups is 1. The lowest BCUT2D eigenvalue weighted by molar-refractivity contribution is -0.159. The van der Waals surface area contributed by atoms with E-state index >= 15 is 0 Å². The second-order valence-electron chi connectivity index (χ2n) is 7.05. The Morgan fingerprint density at radius 3 is 2.38 bits per heavy atom. The highest BCUT2D eigenvalue weighted by Gasteiger charge is 2.38. The van der Waals surface area contributed by atoms with Crippen LogP contribution in [0.2, 0.25) is 0 Å². The predicted octanol–water partition coefficient (Wildman–Crippen LogP) is 3.90. The van der Waals surface area contributed by atoms with Crippen LogP contribution in [-0.2, 0) is 17.5 Å². The van der Waals surface area contributed by atoms with Gasteiger partial charge in [0.15, 0.2) is 0 Å². The number of nitrogens with zero attached hydrogens (tertiary/aromatic N) is 3. The summed E-state index contributed by atoms with van der Waals surface area (Å²) in [6.45, 7) is 1.31. The lowest BCUT2D eigenvalue weighted by Crippen LogP contribution is -2.33. The van der Waals surface area contributed by atoms with E-state index in [9.17, 15) is 18.0 Å². The van der Waals surface area contributed by atoms with Gasteiger partial charge in [0.05, 0.1) is 0 Å². The van der Waals surface area contributed by atoms with E-state index in [1.807, 2.05) is 4.90 Å². The van der Waals surface area contributed by atoms with E-state index in [-0.39, 0.29) is 17.6 Å². The largest absolute Gasteiger partial charge is 0.471 e. The number of hydrogen-bond acceptors (Lipinski definition) is 4. The highest BCUT2D eigenvalue weighted by molar-refractivity contribution is 5.81. The van der Waals surface area contributed by atoms with Crippen LogP contribution in [0.1, 0.15) is 37.1 Å². The van der Waals surface area contributed by atoms with E-state index in [1.54, 1.807) is 24.3 Å². The molecule has 8 heteroatoms. The quantitative estimate of drug-likeness (QED) is 0.779. The molecule has 0 aliphatic heterocycles. The summed E-state index contributed by atoms with van der Waals surface area (Å²) < 4.78 is 41.9. The number of halogens is 3. The van der Waals surface area contributed by atoms with Crippen LogP contribution in [0, 0.1) is 11.8 Å². The normalized spacial score (nSPS) is 17.3. The van der Waals surface area contributed by atoms with Crippen LogP contribution in [0.3, 0.4) is 0 Å². The molecule has 5 nitrogen and oxygen atoms in total. The molecule has 1 aromatic heterocycles. The Balaban J connectivity index is 1.46. The molecule has 4 rings (SSSR count). The van der Waals surface area contributed by atoms with E-state index in [0.29, 0.717) is 18.0 Å². The fraction of sp³-hybridized carbons (Fsp3) is 0.500. The number of rotatable bonds is 6. The second kappa shape index (κ2) is 6.41. The zero-order valence-corrected chi connectivity index (χ0v) is 14.0. The fourth-order valence-electron chi connectivity index (χ4n) is 2.87. The Labute approximate surface area is 148 Å². The van der Waals surface area contributed by atoms with Crippen molar-refractivity contribution in [1.82, 2.24) is 15.0 Å². The molecule has 1 heterocycles. The van der Waals surface area contributed by atoms with E-state index in [4.69, 9.17) is 0 Å². The summed E-state index contributed by atoms with van der Waals surface area (Å²) in [4.78, 5) is 17.7. The van der Waals surface area contributed by atoms with Gasteiger partial charge in [-0.25, -0.2) is 0 Å². The van der Waals surface area contributed by atoms with Gasteiger partial charge in [0.25, 0.3) is 0 Å². The van der Waals surface area contributed by atoms with Crippen molar-refractivity contribution >= 4 is 5.91 Å². The van der Waals surface area contributed by atoms with Crippen LogP contribution in [0.15, 0.2) is 28.8 Å². The molecule has 0 spiro atoms. The third-order valence-corrected chi connectivity index (χ3v) is 4.67. The summed E-state index contributed by atoms with van der Waals surface area (Å²) in [5.41, 5.74) is 1.37.